The predicted octanol–water partition coefficient (Wildman–Crippen LogP) is 1.13. The van der Waals surface area contributed by atoms with Gasteiger partial charge in [-0.05, 0) is 19.1 Å². The number of hydrogen-bond donors (Lipinski definition) is 2. The van der Waals surface area contributed by atoms with Crippen molar-refractivity contribution in [3.8, 4) is 0 Å². The molecule has 1 saturated heterocycles. The molecule has 23 heavy (non-hydrogen) atoms. The summed E-state index contributed by atoms with van der Waals surface area (Å²) in [5.41, 5.74) is 1.10. The molecule has 1 aliphatic heterocycles. The molecule has 6 nitrogen and oxygen atoms in total. The quantitative estimate of drug-likeness (QED) is 0.384. The van der Waals surface area contributed by atoms with E-state index in [-0.39, 0.29) is 24.0 Å². The Morgan fingerprint density at radius 3 is 2.83 bits per heavy atom. The van der Waals surface area contributed by atoms with Crippen LogP contribution in [0.25, 0.3) is 0 Å². The van der Waals surface area contributed by atoms with Gasteiger partial charge in [-0.1, -0.05) is 6.07 Å². The topological polar surface area (TPSA) is 61.8 Å². The molecule has 2 rings (SSSR count). The van der Waals surface area contributed by atoms with E-state index in [4.69, 9.17) is 4.74 Å². The monoisotopic (exact) mass is 433 g/mol. The van der Waals surface area contributed by atoms with Crippen LogP contribution in [0.4, 0.5) is 0 Å². The summed E-state index contributed by atoms with van der Waals surface area (Å²) in [5, 5.41) is 6.64. The van der Waals surface area contributed by atoms with Gasteiger partial charge < -0.3 is 15.4 Å². The van der Waals surface area contributed by atoms with Crippen molar-refractivity contribution in [3.05, 3.63) is 30.1 Å². The second kappa shape index (κ2) is 12.5. The van der Waals surface area contributed by atoms with Gasteiger partial charge in [-0.25, -0.2) is 0 Å². The van der Waals surface area contributed by atoms with E-state index >= 15 is 0 Å². The third-order valence-electron chi connectivity index (χ3n) is 3.53. The molecule has 0 radical (unpaired) electrons. The average Bonchev–Trinajstić information content (AvgIpc) is 2.57. The Labute approximate surface area is 156 Å². The lowest BCUT2D eigenvalue weighted by molar-refractivity contribution is 0.0394. The Morgan fingerprint density at radius 1 is 1.30 bits per heavy atom. The Kier molecular flexibility index (Phi) is 10.9. The molecule has 0 bridgehead atoms. The van der Waals surface area contributed by atoms with E-state index < -0.39 is 0 Å². The lowest BCUT2D eigenvalue weighted by atomic mass is 10.3. The maximum Gasteiger partial charge on any atom is 0.191 e. The molecule has 1 aromatic rings. The van der Waals surface area contributed by atoms with E-state index in [1.807, 2.05) is 24.4 Å². The molecular weight excluding hydrogens is 405 g/mol. The lowest BCUT2D eigenvalue weighted by Gasteiger charge is -2.25. The zero-order valence-corrected chi connectivity index (χ0v) is 16.2. The van der Waals surface area contributed by atoms with Crippen molar-refractivity contribution in [2.75, 3.05) is 52.5 Å². The molecule has 0 saturated carbocycles. The summed E-state index contributed by atoms with van der Waals surface area (Å²) in [5.74, 6) is 0.881. The number of aliphatic imine (C=N–C) groups is 1. The van der Waals surface area contributed by atoms with Crippen LogP contribution in [0.3, 0.4) is 0 Å². The molecule has 0 aromatic carbocycles. The molecule has 1 aliphatic rings. The van der Waals surface area contributed by atoms with E-state index in [1.54, 1.807) is 0 Å². The van der Waals surface area contributed by atoms with Gasteiger partial charge in [0.15, 0.2) is 5.96 Å². The molecule has 1 fully saturated rings. The molecule has 2 heterocycles. The van der Waals surface area contributed by atoms with Gasteiger partial charge in [0, 0.05) is 51.0 Å². The Hall–Kier alpha value is -0.930. The minimum Gasteiger partial charge on any atom is -0.379 e. The van der Waals surface area contributed by atoms with E-state index in [2.05, 4.69) is 32.4 Å². The molecule has 2 N–H and O–H groups in total. The van der Waals surface area contributed by atoms with Crippen LogP contribution in [0, 0.1) is 0 Å². The summed E-state index contributed by atoms with van der Waals surface area (Å²) >= 11 is 0. The highest BCUT2D eigenvalue weighted by Crippen LogP contribution is 1.96. The second-order valence-electron chi connectivity index (χ2n) is 5.21. The summed E-state index contributed by atoms with van der Waals surface area (Å²) in [4.78, 5) is 11.3. The summed E-state index contributed by atoms with van der Waals surface area (Å²) in [6.07, 6.45) is 2.73. The van der Waals surface area contributed by atoms with Crippen LogP contribution >= 0.6 is 24.0 Å². The Morgan fingerprint density at radius 2 is 2.13 bits per heavy atom. The number of morpholine rings is 1. The summed E-state index contributed by atoms with van der Waals surface area (Å²) in [6, 6.07) is 6.00. The first-order chi connectivity index (χ1) is 10.9. The van der Waals surface area contributed by atoms with Crippen LogP contribution in [0.5, 0.6) is 0 Å². The molecule has 0 amide bonds. The summed E-state index contributed by atoms with van der Waals surface area (Å²) in [6.45, 7) is 9.28. The molecule has 0 aliphatic carbocycles. The summed E-state index contributed by atoms with van der Waals surface area (Å²) in [7, 11) is 0. The summed E-state index contributed by atoms with van der Waals surface area (Å²) < 4.78 is 5.35. The van der Waals surface area contributed by atoms with E-state index in [0.717, 1.165) is 70.6 Å². The number of nitrogens with one attached hydrogen (secondary N) is 2. The van der Waals surface area contributed by atoms with Crippen LogP contribution in [-0.2, 0) is 11.2 Å². The fourth-order valence-corrected chi connectivity index (χ4v) is 2.32. The highest BCUT2D eigenvalue weighted by atomic mass is 127. The Balaban J connectivity index is 0.00000264. The maximum atomic E-state index is 5.35. The predicted molar refractivity (Wildman–Crippen MR) is 105 cm³/mol. The number of guanidine groups is 1. The van der Waals surface area contributed by atoms with Gasteiger partial charge in [0.1, 0.15) is 0 Å². The number of hydrogen-bond acceptors (Lipinski definition) is 4. The second-order valence-corrected chi connectivity index (χ2v) is 5.21. The number of nitrogens with zero attached hydrogens (tertiary/aromatic N) is 3. The number of aromatic nitrogens is 1. The van der Waals surface area contributed by atoms with Crippen molar-refractivity contribution >= 4 is 29.9 Å². The Bertz CT molecular complexity index is 437. The highest BCUT2D eigenvalue weighted by Gasteiger charge is 2.09. The van der Waals surface area contributed by atoms with Crippen LogP contribution in [0.2, 0.25) is 0 Å². The van der Waals surface area contributed by atoms with Crippen molar-refractivity contribution in [1.29, 1.82) is 0 Å². The number of pyridine rings is 1. The largest absolute Gasteiger partial charge is 0.379 e. The first kappa shape index (κ1) is 20.1. The van der Waals surface area contributed by atoms with Crippen molar-refractivity contribution in [1.82, 2.24) is 20.5 Å². The van der Waals surface area contributed by atoms with Gasteiger partial charge in [0.2, 0.25) is 0 Å². The van der Waals surface area contributed by atoms with Gasteiger partial charge >= 0.3 is 0 Å². The highest BCUT2D eigenvalue weighted by molar-refractivity contribution is 14.0. The molecule has 130 valence electrons. The third-order valence-corrected chi connectivity index (χ3v) is 3.53. The van der Waals surface area contributed by atoms with Gasteiger partial charge in [-0.2, -0.15) is 0 Å². The van der Waals surface area contributed by atoms with E-state index in [9.17, 15) is 0 Å². The van der Waals surface area contributed by atoms with Gasteiger partial charge in [-0.15, -0.1) is 24.0 Å². The molecule has 1 aromatic heterocycles. The van der Waals surface area contributed by atoms with Crippen LogP contribution in [0.15, 0.2) is 29.4 Å². The van der Waals surface area contributed by atoms with Gasteiger partial charge in [0.25, 0.3) is 0 Å². The fraction of sp³-hybridized carbons (Fsp3) is 0.625. The standard InChI is InChI=1S/C16H27N5O.HI/c1-2-17-16(19-8-6-15-5-3-4-7-18-15)20-9-10-21-11-13-22-14-12-21;/h3-5,7H,2,6,8-14H2,1H3,(H2,17,19,20);1H. The normalized spacial score (nSPS) is 15.8. The SMILES string of the molecule is CCNC(=NCCN1CCOCC1)NCCc1ccccn1.I. The molecule has 0 spiro atoms. The zero-order valence-electron chi connectivity index (χ0n) is 13.8. The fourth-order valence-electron chi connectivity index (χ4n) is 2.32. The van der Waals surface area contributed by atoms with Crippen molar-refractivity contribution in [2.24, 2.45) is 4.99 Å². The molecule has 7 heteroatoms. The van der Waals surface area contributed by atoms with E-state index in [0.29, 0.717) is 0 Å². The van der Waals surface area contributed by atoms with Crippen molar-refractivity contribution in [3.63, 3.8) is 0 Å². The first-order valence-electron chi connectivity index (χ1n) is 8.10. The van der Waals surface area contributed by atoms with Crippen LogP contribution in [0.1, 0.15) is 12.6 Å². The number of rotatable bonds is 7. The van der Waals surface area contributed by atoms with Gasteiger partial charge in [-0.3, -0.25) is 14.9 Å². The van der Waals surface area contributed by atoms with E-state index in [1.165, 1.54) is 0 Å². The maximum absolute atomic E-state index is 5.35. The van der Waals surface area contributed by atoms with Gasteiger partial charge in [0.05, 0.1) is 19.8 Å². The number of halogens is 1. The molecule has 0 unspecified atom stereocenters. The average molecular weight is 433 g/mol. The van der Waals surface area contributed by atoms with Crippen molar-refractivity contribution in [2.45, 2.75) is 13.3 Å². The zero-order chi connectivity index (χ0) is 15.5. The minimum atomic E-state index is 0. The minimum absolute atomic E-state index is 0. The van der Waals surface area contributed by atoms with Crippen LogP contribution < -0.4 is 10.6 Å². The molecule has 0 atom stereocenters. The lowest BCUT2D eigenvalue weighted by Crippen LogP contribution is -2.40. The number of ether oxygens (including phenoxy) is 1. The smallest absolute Gasteiger partial charge is 0.191 e. The third kappa shape index (κ3) is 8.47. The first-order valence-corrected chi connectivity index (χ1v) is 8.10. The van der Waals surface area contributed by atoms with Crippen molar-refractivity contribution < 1.29 is 4.74 Å². The van der Waals surface area contributed by atoms with Crippen LogP contribution in [-0.4, -0.2) is 68.3 Å². The molecular formula is C16H28IN5O.